The number of aromatic nitrogens is 2. The summed E-state index contributed by atoms with van der Waals surface area (Å²) in [7, 11) is 0. The number of hydrogen-bond acceptors (Lipinski definition) is 6. The minimum atomic E-state index is 0.402. The lowest BCUT2D eigenvalue weighted by Gasteiger charge is -2.20. The van der Waals surface area contributed by atoms with Crippen molar-refractivity contribution >= 4 is 11.6 Å². The van der Waals surface area contributed by atoms with Gasteiger partial charge in [-0.25, -0.2) is 9.97 Å². The molecule has 1 unspecified atom stereocenters. The second-order valence-electron chi connectivity index (χ2n) is 5.73. The zero-order valence-corrected chi connectivity index (χ0v) is 13.1. The van der Waals surface area contributed by atoms with Gasteiger partial charge < -0.3 is 20.7 Å². The van der Waals surface area contributed by atoms with Gasteiger partial charge in [0.15, 0.2) is 5.82 Å². The van der Waals surface area contributed by atoms with Crippen molar-refractivity contribution in [3.63, 3.8) is 0 Å². The Bertz CT molecular complexity index is 434. The Kier molecular flexibility index (Phi) is 6.20. The second kappa shape index (κ2) is 8.14. The monoisotopic (exact) mass is 293 g/mol. The van der Waals surface area contributed by atoms with Gasteiger partial charge in [-0.1, -0.05) is 6.92 Å². The number of nitrogen functional groups attached to an aromatic ring is 1. The van der Waals surface area contributed by atoms with Crippen LogP contribution in [0.4, 0.5) is 11.6 Å². The molecule has 6 nitrogen and oxygen atoms in total. The normalized spacial score (nSPS) is 17.0. The van der Waals surface area contributed by atoms with Crippen LogP contribution in [0.2, 0.25) is 0 Å². The van der Waals surface area contributed by atoms with Crippen LogP contribution in [0.15, 0.2) is 6.07 Å². The van der Waals surface area contributed by atoms with Crippen LogP contribution in [0.5, 0.6) is 0 Å². The van der Waals surface area contributed by atoms with Crippen LogP contribution in [0.3, 0.4) is 0 Å². The second-order valence-corrected chi connectivity index (χ2v) is 5.73. The molecular formula is C15H27N5O. The Morgan fingerprint density at radius 2 is 2.14 bits per heavy atom. The molecule has 0 radical (unpaired) electrons. The molecule has 0 spiro atoms. The van der Waals surface area contributed by atoms with E-state index < -0.39 is 0 Å². The van der Waals surface area contributed by atoms with Gasteiger partial charge in [0.2, 0.25) is 0 Å². The van der Waals surface area contributed by atoms with E-state index in [1.165, 1.54) is 25.9 Å². The Balaban J connectivity index is 1.82. The van der Waals surface area contributed by atoms with E-state index in [1.54, 1.807) is 6.07 Å². The summed E-state index contributed by atoms with van der Waals surface area (Å²) in [5.41, 5.74) is 5.81. The number of ether oxygens (including phenoxy) is 1. The topological polar surface area (TPSA) is 76.3 Å². The third-order valence-corrected chi connectivity index (χ3v) is 3.63. The fourth-order valence-electron chi connectivity index (χ4n) is 2.62. The molecule has 0 saturated carbocycles. The van der Waals surface area contributed by atoms with Crippen molar-refractivity contribution < 1.29 is 4.74 Å². The number of rotatable bonds is 8. The molecule has 0 bridgehead atoms. The Hall–Kier alpha value is -1.40. The molecule has 2 heterocycles. The van der Waals surface area contributed by atoms with Crippen LogP contribution in [0.25, 0.3) is 0 Å². The summed E-state index contributed by atoms with van der Waals surface area (Å²) >= 11 is 0. The molecule has 118 valence electrons. The fraction of sp³-hybridized carbons (Fsp3) is 0.733. The summed E-state index contributed by atoms with van der Waals surface area (Å²) in [5.74, 6) is 2.47. The number of hydrogen-bond donors (Lipinski definition) is 2. The molecule has 0 aromatic carbocycles. The van der Waals surface area contributed by atoms with Gasteiger partial charge in [-0.2, -0.15) is 0 Å². The largest absolute Gasteiger partial charge is 0.384 e. The van der Waals surface area contributed by atoms with E-state index in [4.69, 9.17) is 10.5 Å². The molecule has 1 saturated heterocycles. The lowest BCUT2D eigenvalue weighted by Crippen LogP contribution is -2.29. The maximum absolute atomic E-state index is 5.81. The molecule has 2 rings (SSSR count). The summed E-state index contributed by atoms with van der Waals surface area (Å²) in [6, 6.07) is 1.78. The average Bonchev–Trinajstić information content (AvgIpc) is 2.95. The van der Waals surface area contributed by atoms with E-state index in [2.05, 4.69) is 27.1 Å². The predicted octanol–water partition coefficient (Wildman–Crippen LogP) is 1.74. The Labute approximate surface area is 127 Å². The number of nitrogens with zero attached hydrogens (tertiary/aromatic N) is 3. The highest BCUT2D eigenvalue weighted by molar-refractivity contribution is 5.44. The van der Waals surface area contributed by atoms with E-state index in [0.29, 0.717) is 30.8 Å². The van der Waals surface area contributed by atoms with Gasteiger partial charge in [-0.05, 0) is 38.8 Å². The Morgan fingerprint density at radius 3 is 2.86 bits per heavy atom. The minimum absolute atomic E-state index is 0.402. The molecule has 1 aliphatic rings. The van der Waals surface area contributed by atoms with Crippen LogP contribution in [0, 0.1) is 5.92 Å². The zero-order valence-electron chi connectivity index (χ0n) is 13.1. The SMILES string of the molecule is CCOCc1nc(N)cc(NCC(C)CN2CCCC2)n1. The van der Waals surface area contributed by atoms with Crippen LogP contribution in [0.1, 0.15) is 32.5 Å². The highest BCUT2D eigenvalue weighted by atomic mass is 16.5. The Morgan fingerprint density at radius 1 is 1.38 bits per heavy atom. The lowest BCUT2D eigenvalue weighted by atomic mass is 10.1. The molecule has 3 N–H and O–H groups in total. The first-order valence-corrected chi connectivity index (χ1v) is 7.84. The molecule has 0 amide bonds. The van der Waals surface area contributed by atoms with E-state index in [-0.39, 0.29) is 0 Å². The minimum Gasteiger partial charge on any atom is -0.384 e. The van der Waals surface area contributed by atoms with E-state index in [9.17, 15) is 0 Å². The molecule has 1 fully saturated rings. The summed E-state index contributed by atoms with van der Waals surface area (Å²) in [5, 5.41) is 3.36. The van der Waals surface area contributed by atoms with Gasteiger partial charge in [0.1, 0.15) is 18.2 Å². The summed E-state index contributed by atoms with van der Waals surface area (Å²) in [6.45, 7) is 9.77. The van der Waals surface area contributed by atoms with Crippen molar-refractivity contribution in [2.45, 2.75) is 33.3 Å². The molecule has 6 heteroatoms. The van der Waals surface area contributed by atoms with Gasteiger partial charge in [0.05, 0.1) is 0 Å². The van der Waals surface area contributed by atoms with Crippen molar-refractivity contribution in [1.29, 1.82) is 0 Å². The maximum Gasteiger partial charge on any atom is 0.158 e. The standard InChI is InChI=1S/C15H27N5O/c1-3-21-11-15-18-13(16)8-14(19-15)17-9-12(2)10-20-6-4-5-7-20/h8,12H,3-7,9-11H2,1-2H3,(H3,16,17,18,19). The number of nitrogens with two attached hydrogens (primary N) is 1. The smallest absolute Gasteiger partial charge is 0.158 e. The average molecular weight is 293 g/mol. The molecule has 21 heavy (non-hydrogen) atoms. The van der Waals surface area contributed by atoms with Gasteiger partial charge in [0, 0.05) is 25.8 Å². The highest BCUT2D eigenvalue weighted by Crippen LogP contribution is 2.13. The van der Waals surface area contributed by atoms with Crippen LogP contribution in [-0.2, 0) is 11.3 Å². The number of nitrogens with one attached hydrogen (secondary N) is 1. The van der Waals surface area contributed by atoms with Crippen LogP contribution < -0.4 is 11.1 Å². The summed E-state index contributed by atoms with van der Waals surface area (Å²) < 4.78 is 5.33. The highest BCUT2D eigenvalue weighted by Gasteiger charge is 2.14. The van der Waals surface area contributed by atoms with Crippen molar-refractivity contribution in [2.75, 3.05) is 43.8 Å². The maximum atomic E-state index is 5.81. The summed E-state index contributed by atoms with van der Waals surface area (Å²) in [4.78, 5) is 11.1. The molecule has 0 aliphatic carbocycles. The molecule has 1 aromatic heterocycles. The zero-order chi connectivity index (χ0) is 15.1. The number of likely N-dealkylation sites (tertiary alicyclic amines) is 1. The first-order chi connectivity index (χ1) is 10.2. The third kappa shape index (κ3) is 5.47. The van der Waals surface area contributed by atoms with E-state index >= 15 is 0 Å². The van der Waals surface area contributed by atoms with Crippen molar-refractivity contribution in [3.8, 4) is 0 Å². The van der Waals surface area contributed by atoms with Gasteiger partial charge in [-0.15, -0.1) is 0 Å². The van der Waals surface area contributed by atoms with Crippen molar-refractivity contribution in [1.82, 2.24) is 14.9 Å². The van der Waals surface area contributed by atoms with Crippen LogP contribution in [-0.4, -0.2) is 47.7 Å². The fourth-order valence-corrected chi connectivity index (χ4v) is 2.62. The van der Waals surface area contributed by atoms with Gasteiger partial charge in [0.25, 0.3) is 0 Å². The van der Waals surface area contributed by atoms with E-state index in [1.807, 2.05) is 6.92 Å². The van der Waals surface area contributed by atoms with E-state index in [0.717, 1.165) is 18.9 Å². The molecule has 1 aliphatic heterocycles. The first-order valence-electron chi connectivity index (χ1n) is 7.84. The quantitative estimate of drug-likeness (QED) is 0.760. The predicted molar refractivity (Wildman–Crippen MR) is 85.1 cm³/mol. The molecule has 1 atom stereocenters. The van der Waals surface area contributed by atoms with Gasteiger partial charge in [-0.3, -0.25) is 0 Å². The molecule has 1 aromatic rings. The number of anilines is 2. The molecular weight excluding hydrogens is 266 g/mol. The third-order valence-electron chi connectivity index (χ3n) is 3.63. The van der Waals surface area contributed by atoms with Crippen molar-refractivity contribution in [2.24, 2.45) is 5.92 Å². The lowest BCUT2D eigenvalue weighted by molar-refractivity contribution is 0.128. The summed E-state index contributed by atoms with van der Waals surface area (Å²) in [6.07, 6.45) is 2.67. The van der Waals surface area contributed by atoms with Crippen LogP contribution >= 0.6 is 0 Å². The first kappa shape index (κ1) is 16.0. The van der Waals surface area contributed by atoms with Crippen molar-refractivity contribution in [3.05, 3.63) is 11.9 Å². The van der Waals surface area contributed by atoms with Gasteiger partial charge >= 0.3 is 0 Å².